The lowest BCUT2D eigenvalue weighted by Crippen LogP contribution is -1.99. The molecule has 88 valence electrons. The van der Waals surface area contributed by atoms with Crippen molar-refractivity contribution in [3.63, 3.8) is 0 Å². The minimum Gasteiger partial charge on any atom is -0.396 e. The monoisotopic (exact) mass is 359 g/mol. The fraction of sp³-hybridized carbons (Fsp3) is 0. The number of nitrogen functional groups attached to an aromatic ring is 1. The van der Waals surface area contributed by atoms with Crippen LogP contribution in [0.2, 0.25) is 0 Å². The number of anilines is 3. The summed E-state index contributed by atoms with van der Waals surface area (Å²) < 4.78 is 15.0. The Morgan fingerprint density at radius 2 is 2.00 bits per heavy atom. The number of nitrogens with two attached hydrogens (primary N) is 1. The van der Waals surface area contributed by atoms with E-state index in [-0.39, 0.29) is 5.82 Å². The molecular formula is C11H8Br2FN3. The van der Waals surface area contributed by atoms with Gasteiger partial charge in [0.1, 0.15) is 5.82 Å². The molecule has 0 saturated heterocycles. The molecule has 2 rings (SSSR count). The van der Waals surface area contributed by atoms with Gasteiger partial charge >= 0.3 is 0 Å². The normalized spacial score (nSPS) is 10.3. The van der Waals surface area contributed by atoms with E-state index < -0.39 is 0 Å². The summed E-state index contributed by atoms with van der Waals surface area (Å²) in [6.45, 7) is 0. The van der Waals surface area contributed by atoms with Gasteiger partial charge in [0.25, 0.3) is 0 Å². The summed E-state index contributed by atoms with van der Waals surface area (Å²) in [6.07, 6.45) is 3.10. The van der Waals surface area contributed by atoms with Crippen LogP contribution in [-0.4, -0.2) is 4.98 Å². The molecule has 0 atom stereocenters. The molecule has 0 fully saturated rings. The third-order valence-corrected chi connectivity index (χ3v) is 3.21. The van der Waals surface area contributed by atoms with Crippen LogP contribution in [0.5, 0.6) is 0 Å². The summed E-state index contributed by atoms with van der Waals surface area (Å²) in [5.74, 6) is -0.359. The zero-order valence-corrected chi connectivity index (χ0v) is 11.7. The van der Waals surface area contributed by atoms with Crippen molar-refractivity contribution >= 4 is 48.9 Å². The summed E-state index contributed by atoms with van der Waals surface area (Å²) in [5.41, 5.74) is 7.16. The highest BCUT2D eigenvalue weighted by Gasteiger charge is 2.08. The largest absolute Gasteiger partial charge is 0.396 e. The summed E-state index contributed by atoms with van der Waals surface area (Å²) in [4.78, 5) is 3.91. The van der Waals surface area contributed by atoms with Crippen molar-refractivity contribution in [2.75, 3.05) is 11.1 Å². The van der Waals surface area contributed by atoms with Crippen LogP contribution in [0.4, 0.5) is 21.5 Å². The maximum absolute atomic E-state index is 13.6. The van der Waals surface area contributed by atoms with Crippen LogP contribution in [0, 0.1) is 5.82 Å². The predicted molar refractivity (Wildman–Crippen MR) is 73.7 cm³/mol. The second kappa shape index (κ2) is 5.01. The third-order valence-electron chi connectivity index (χ3n) is 2.12. The topological polar surface area (TPSA) is 50.9 Å². The van der Waals surface area contributed by atoms with Crippen molar-refractivity contribution in [2.24, 2.45) is 0 Å². The average molecular weight is 361 g/mol. The van der Waals surface area contributed by atoms with E-state index in [0.717, 1.165) is 0 Å². The molecule has 6 heteroatoms. The molecule has 0 bridgehead atoms. The molecule has 0 saturated carbocycles. The van der Waals surface area contributed by atoms with Crippen LogP contribution in [-0.2, 0) is 0 Å². The van der Waals surface area contributed by atoms with Crippen LogP contribution in [0.25, 0.3) is 0 Å². The molecule has 3 N–H and O–H groups in total. The van der Waals surface area contributed by atoms with Crippen molar-refractivity contribution in [3.05, 3.63) is 45.4 Å². The Hall–Kier alpha value is -1.14. The zero-order chi connectivity index (χ0) is 12.4. The highest BCUT2D eigenvalue weighted by Crippen LogP contribution is 2.31. The number of pyridine rings is 1. The summed E-state index contributed by atoms with van der Waals surface area (Å²) in [7, 11) is 0. The van der Waals surface area contributed by atoms with Gasteiger partial charge in [0, 0.05) is 10.7 Å². The van der Waals surface area contributed by atoms with Gasteiger partial charge in [-0.2, -0.15) is 0 Å². The predicted octanol–water partition coefficient (Wildman–Crippen LogP) is 4.07. The van der Waals surface area contributed by atoms with Gasteiger partial charge < -0.3 is 11.1 Å². The van der Waals surface area contributed by atoms with E-state index in [1.165, 1.54) is 12.3 Å². The molecule has 1 heterocycles. The quantitative estimate of drug-likeness (QED) is 0.848. The molecule has 2 aromatic rings. The minimum absolute atomic E-state index is 0.354. The first kappa shape index (κ1) is 12.3. The molecule has 0 unspecified atom stereocenters. The zero-order valence-electron chi connectivity index (χ0n) is 8.55. The number of hydrogen-bond donors (Lipinski definition) is 2. The first-order valence-electron chi connectivity index (χ1n) is 4.69. The number of aromatic nitrogens is 1. The van der Waals surface area contributed by atoms with Gasteiger partial charge in [0.15, 0.2) is 0 Å². The number of benzene rings is 1. The summed E-state index contributed by atoms with van der Waals surface area (Å²) in [6, 6.07) is 4.76. The van der Waals surface area contributed by atoms with Crippen LogP contribution in [0.3, 0.4) is 0 Å². The fourth-order valence-corrected chi connectivity index (χ4v) is 2.09. The molecular weight excluding hydrogens is 353 g/mol. The van der Waals surface area contributed by atoms with E-state index in [1.807, 2.05) is 0 Å². The van der Waals surface area contributed by atoms with E-state index in [4.69, 9.17) is 5.73 Å². The third kappa shape index (κ3) is 2.76. The number of halogens is 3. The Bertz CT molecular complexity index is 540. The molecule has 1 aromatic heterocycles. The SMILES string of the molecule is Nc1cncc(Br)c1Nc1ccc(Br)cc1F. The lowest BCUT2D eigenvalue weighted by atomic mass is 10.2. The lowest BCUT2D eigenvalue weighted by Gasteiger charge is -2.11. The van der Waals surface area contributed by atoms with E-state index in [2.05, 4.69) is 42.2 Å². The van der Waals surface area contributed by atoms with Gasteiger partial charge in [-0.1, -0.05) is 15.9 Å². The molecule has 0 aliphatic carbocycles. The number of nitrogens with zero attached hydrogens (tertiary/aromatic N) is 1. The van der Waals surface area contributed by atoms with Crippen molar-refractivity contribution in [1.29, 1.82) is 0 Å². The molecule has 1 aromatic carbocycles. The Balaban J connectivity index is 2.38. The number of nitrogens with one attached hydrogen (secondary N) is 1. The Labute approximate surface area is 114 Å². The molecule has 3 nitrogen and oxygen atoms in total. The average Bonchev–Trinajstić information content (AvgIpc) is 2.26. The van der Waals surface area contributed by atoms with E-state index in [1.54, 1.807) is 18.3 Å². The molecule has 0 radical (unpaired) electrons. The highest BCUT2D eigenvalue weighted by molar-refractivity contribution is 9.10. The van der Waals surface area contributed by atoms with Crippen molar-refractivity contribution in [1.82, 2.24) is 4.98 Å². The standard InChI is InChI=1S/C11H8Br2FN3/c12-6-1-2-10(8(14)3-6)17-11-7(13)4-16-5-9(11)15/h1-5H,15H2,(H,16,17). The minimum atomic E-state index is -0.359. The van der Waals surface area contributed by atoms with Gasteiger partial charge in [0.05, 0.1) is 27.7 Å². The molecule has 0 aliphatic heterocycles. The van der Waals surface area contributed by atoms with Gasteiger partial charge in [-0.15, -0.1) is 0 Å². The van der Waals surface area contributed by atoms with Crippen molar-refractivity contribution in [3.8, 4) is 0 Å². The van der Waals surface area contributed by atoms with Crippen molar-refractivity contribution < 1.29 is 4.39 Å². The van der Waals surface area contributed by atoms with Crippen LogP contribution < -0.4 is 11.1 Å². The smallest absolute Gasteiger partial charge is 0.147 e. The van der Waals surface area contributed by atoms with Gasteiger partial charge in [0.2, 0.25) is 0 Å². The maximum atomic E-state index is 13.6. The van der Waals surface area contributed by atoms with E-state index in [0.29, 0.717) is 26.0 Å². The maximum Gasteiger partial charge on any atom is 0.147 e. The highest BCUT2D eigenvalue weighted by atomic mass is 79.9. The second-order valence-corrected chi connectivity index (χ2v) is 5.10. The Kier molecular flexibility index (Phi) is 3.63. The second-order valence-electron chi connectivity index (χ2n) is 3.33. The van der Waals surface area contributed by atoms with E-state index in [9.17, 15) is 4.39 Å². The summed E-state index contributed by atoms with van der Waals surface area (Å²) in [5, 5.41) is 2.93. The van der Waals surface area contributed by atoms with Crippen LogP contribution in [0.1, 0.15) is 0 Å². The van der Waals surface area contributed by atoms with Gasteiger partial charge in [-0.05, 0) is 34.1 Å². The van der Waals surface area contributed by atoms with Crippen LogP contribution in [0.15, 0.2) is 39.5 Å². The molecule has 0 aliphatic rings. The van der Waals surface area contributed by atoms with E-state index >= 15 is 0 Å². The first-order chi connectivity index (χ1) is 8.08. The molecule has 0 spiro atoms. The summed E-state index contributed by atoms with van der Waals surface area (Å²) >= 11 is 6.51. The molecule has 0 amide bonds. The lowest BCUT2D eigenvalue weighted by molar-refractivity contribution is 0.631. The number of hydrogen-bond acceptors (Lipinski definition) is 3. The van der Waals surface area contributed by atoms with Gasteiger partial charge in [-0.25, -0.2) is 4.39 Å². The van der Waals surface area contributed by atoms with Gasteiger partial charge in [-0.3, -0.25) is 4.98 Å². The Morgan fingerprint density at radius 1 is 1.24 bits per heavy atom. The number of rotatable bonds is 2. The Morgan fingerprint density at radius 3 is 2.65 bits per heavy atom. The molecule has 17 heavy (non-hydrogen) atoms. The fourth-order valence-electron chi connectivity index (χ4n) is 1.31. The van der Waals surface area contributed by atoms with Crippen molar-refractivity contribution in [2.45, 2.75) is 0 Å². The first-order valence-corrected chi connectivity index (χ1v) is 6.27. The van der Waals surface area contributed by atoms with Crippen LogP contribution >= 0.6 is 31.9 Å².